The second-order valence-electron chi connectivity index (χ2n) is 8.05. The van der Waals surface area contributed by atoms with Gasteiger partial charge >= 0.3 is 0 Å². The molecule has 1 aliphatic rings. The SMILES string of the molecule is CC(C)Oc1cncc(-c2ccc(C(=O)NCc3cc(NS(=O)(=O)C4CC4)ccn3)cc2)n1. The molecule has 0 saturated heterocycles. The third-order valence-corrected chi connectivity index (χ3v) is 6.75. The molecule has 33 heavy (non-hydrogen) atoms. The van der Waals surface area contributed by atoms with Crippen LogP contribution in [0.4, 0.5) is 5.69 Å². The number of benzene rings is 1. The van der Waals surface area contributed by atoms with Crippen LogP contribution in [0.5, 0.6) is 5.88 Å². The number of amides is 1. The second kappa shape index (κ2) is 9.53. The normalized spacial score (nSPS) is 13.5. The molecule has 0 unspecified atom stereocenters. The molecule has 1 amide bonds. The number of carbonyl (C=O) groups is 1. The topological polar surface area (TPSA) is 123 Å². The number of hydrogen-bond donors (Lipinski definition) is 2. The lowest BCUT2D eigenvalue weighted by Gasteiger charge is -2.10. The molecule has 1 aromatic carbocycles. The standard InChI is InChI=1S/C23H25N5O4S/c1-15(2)32-22-14-24-13-21(27-22)16-3-5-17(6-4-16)23(29)26-12-19-11-18(9-10-25-19)28-33(30,31)20-7-8-20/h3-6,9-11,13-15,20H,7-8,12H2,1-2H3,(H,25,28)(H,26,29). The van der Waals surface area contributed by atoms with Crippen LogP contribution < -0.4 is 14.8 Å². The van der Waals surface area contributed by atoms with Crippen molar-refractivity contribution in [3.8, 4) is 17.1 Å². The van der Waals surface area contributed by atoms with E-state index in [-0.39, 0.29) is 23.8 Å². The summed E-state index contributed by atoms with van der Waals surface area (Å²) in [5, 5.41) is 2.49. The zero-order valence-corrected chi connectivity index (χ0v) is 19.2. The maximum absolute atomic E-state index is 12.6. The van der Waals surface area contributed by atoms with E-state index in [9.17, 15) is 13.2 Å². The maximum atomic E-state index is 12.6. The van der Waals surface area contributed by atoms with E-state index in [0.717, 1.165) is 5.56 Å². The fourth-order valence-corrected chi connectivity index (χ4v) is 4.49. The van der Waals surface area contributed by atoms with Crippen molar-refractivity contribution in [2.24, 2.45) is 0 Å². The number of pyridine rings is 1. The van der Waals surface area contributed by atoms with Crippen LogP contribution in [0.3, 0.4) is 0 Å². The quantitative estimate of drug-likeness (QED) is 0.495. The number of rotatable bonds is 9. The molecule has 1 saturated carbocycles. The fraction of sp³-hybridized carbons (Fsp3) is 0.304. The van der Waals surface area contributed by atoms with Crippen molar-refractivity contribution in [2.45, 2.75) is 44.6 Å². The van der Waals surface area contributed by atoms with Crippen LogP contribution in [0, 0.1) is 0 Å². The van der Waals surface area contributed by atoms with E-state index in [0.29, 0.717) is 41.4 Å². The highest BCUT2D eigenvalue weighted by Gasteiger charge is 2.35. The zero-order valence-electron chi connectivity index (χ0n) is 18.4. The molecule has 0 atom stereocenters. The average Bonchev–Trinajstić information content (AvgIpc) is 3.64. The minimum absolute atomic E-state index is 0.00538. The number of sulfonamides is 1. The van der Waals surface area contributed by atoms with E-state index in [1.165, 1.54) is 6.20 Å². The van der Waals surface area contributed by atoms with Crippen LogP contribution in [-0.2, 0) is 16.6 Å². The molecule has 3 aromatic rings. The number of ether oxygens (including phenoxy) is 1. The van der Waals surface area contributed by atoms with Crippen LogP contribution in [0.1, 0.15) is 42.7 Å². The highest BCUT2D eigenvalue weighted by atomic mass is 32.2. The first kappa shape index (κ1) is 22.7. The van der Waals surface area contributed by atoms with Crippen molar-refractivity contribution < 1.29 is 17.9 Å². The lowest BCUT2D eigenvalue weighted by atomic mass is 10.1. The molecule has 10 heteroatoms. The molecule has 2 aromatic heterocycles. The summed E-state index contributed by atoms with van der Waals surface area (Å²) >= 11 is 0. The van der Waals surface area contributed by atoms with Gasteiger partial charge < -0.3 is 10.1 Å². The molecule has 0 bridgehead atoms. The molecule has 2 heterocycles. The van der Waals surface area contributed by atoms with Gasteiger partial charge in [0.25, 0.3) is 5.91 Å². The van der Waals surface area contributed by atoms with Gasteiger partial charge in [0.15, 0.2) is 0 Å². The monoisotopic (exact) mass is 467 g/mol. The fourth-order valence-electron chi connectivity index (χ4n) is 3.11. The highest BCUT2D eigenvalue weighted by Crippen LogP contribution is 2.29. The predicted octanol–water partition coefficient (Wildman–Crippen LogP) is 3.16. The Morgan fingerprint density at radius 1 is 1.15 bits per heavy atom. The summed E-state index contributed by atoms with van der Waals surface area (Å²) in [5.74, 6) is 0.175. The van der Waals surface area contributed by atoms with Gasteiger partial charge in [0.05, 0.1) is 47.4 Å². The van der Waals surface area contributed by atoms with Gasteiger partial charge in [-0.2, -0.15) is 0 Å². The summed E-state index contributed by atoms with van der Waals surface area (Å²) in [4.78, 5) is 25.4. The molecule has 0 spiro atoms. The Morgan fingerprint density at radius 2 is 1.91 bits per heavy atom. The van der Waals surface area contributed by atoms with Gasteiger partial charge in [-0.05, 0) is 51.0 Å². The number of anilines is 1. The second-order valence-corrected chi connectivity index (χ2v) is 10.0. The van der Waals surface area contributed by atoms with Gasteiger partial charge in [0, 0.05) is 17.3 Å². The Kier molecular flexibility index (Phi) is 6.55. The number of carbonyl (C=O) groups excluding carboxylic acids is 1. The largest absolute Gasteiger partial charge is 0.474 e. The summed E-state index contributed by atoms with van der Waals surface area (Å²) in [6.07, 6.45) is 6.08. The smallest absolute Gasteiger partial charge is 0.251 e. The molecule has 0 radical (unpaired) electrons. The van der Waals surface area contributed by atoms with Crippen LogP contribution in [0.15, 0.2) is 55.0 Å². The zero-order chi connectivity index (χ0) is 23.4. The van der Waals surface area contributed by atoms with E-state index in [1.54, 1.807) is 48.8 Å². The minimum atomic E-state index is -3.35. The third-order valence-electron chi connectivity index (χ3n) is 4.88. The number of aromatic nitrogens is 3. The molecule has 0 aliphatic heterocycles. The molecule has 1 aliphatic carbocycles. The summed E-state index contributed by atoms with van der Waals surface area (Å²) in [5.41, 5.74) is 2.93. The van der Waals surface area contributed by atoms with Crippen molar-refractivity contribution in [3.05, 3.63) is 66.2 Å². The number of hydrogen-bond acceptors (Lipinski definition) is 7. The summed E-state index contributed by atoms with van der Waals surface area (Å²) in [6, 6.07) is 10.2. The van der Waals surface area contributed by atoms with Crippen molar-refractivity contribution in [1.29, 1.82) is 0 Å². The van der Waals surface area contributed by atoms with E-state index in [4.69, 9.17) is 4.74 Å². The van der Waals surface area contributed by atoms with Gasteiger partial charge in [-0.25, -0.2) is 13.4 Å². The molecule has 9 nitrogen and oxygen atoms in total. The van der Waals surface area contributed by atoms with Crippen LogP contribution in [0.2, 0.25) is 0 Å². The minimum Gasteiger partial charge on any atom is -0.474 e. The Morgan fingerprint density at radius 3 is 2.61 bits per heavy atom. The highest BCUT2D eigenvalue weighted by molar-refractivity contribution is 7.93. The molecule has 2 N–H and O–H groups in total. The van der Waals surface area contributed by atoms with Gasteiger partial charge in [-0.15, -0.1) is 0 Å². The first-order valence-corrected chi connectivity index (χ1v) is 12.2. The van der Waals surface area contributed by atoms with Gasteiger partial charge in [0.1, 0.15) is 0 Å². The Hall–Kier alpha value is -3.53. The van der Waals surface area contributed by atoms with Crippen LogP contribution in [0.25, 0.3) is 11.3 Å². The van der Waals surface area contributed by atoms with Crippen LogP contribution >= 0.6 is 0 Å². The summed E-state index contributed by atoms with van der Waals surface area (Å²) < 4.78 is 32.4. The van der Waals surface area contributed by atoms with E-state index in [2.05, 4.69) is 25.0 Å². The first-order valence-electron chi connectivity index (χ1n) is 10.6. The van der Waals surface area contributed by atoms with Gasteiger partial charge in [-0.1, -0.05) is 12.1 Å². The Balaban J connectivity index is 1.37. The molecule has 172 valence electrons. The van der Waals surface area contributed by atoms with E-state index in [1.807, 2.05) is 13.8 Å². The van der Waals surface area contributed by atoms with Crippen LogP contribution in [-0.4, -0.2) is 40.6 Å². The van der Waals surface area contributed by atoms with Crippen molar-refractivity contribution >= 4 is 21.6 Å². The number of nitrogens with zero attached hydrogens (tertiary/aromatic N) is 3. The Bertz CT molecular complexity index is 1240. The first-order chi connectivity index (χ1) is 15.8. The van der Waals surface area contributed by atoms with Crippen molar-refractivity contribution in [1.82, 2.24) is 20.3 Å². The van der Waals surface area contributed by atoms with E-state index < -0.39 is 10.0 Å². The molecular weight excluding hydrogens is 442 g/mol. The third kappa shape index (κ3) is 6.04. The predicted molar refractivity (Wildman–Crippen MR) is 124 cm³/mol. The van der Waals surface area contributed by atoms with Crippen molar-refractivity contribution in [2.75, 3.05) is 4.72 Å². The van der Waals surface area contributed by atoms with Gasteiger partial charge in [-0.3, -0.25) is 19.5 Å². The average molecular weight is 468 g/mol. The Labute approximate surface area is 192 Å². The summed E-state index contributed by atoms with van der Waals surface area (Å²) in [7, 11) is -3.35. The maximum Gasteiger partial charge on any atom is 0.251 e. The summed E-state index contributed by atoms with van der Waals surface area (Å²) in [6.45, 7) is 4.00. The molecular formula is C23H25N5O4S. The molecule has 1 fully saturated rings. The lowest BCUT2D eigenvalue weighted by molar-refractivity contribution is 0.0950. The lowest BCUT2D eigenvalue weighted by Crippen LogP contribution is -2.23. The van der Waals surface area contributed by atoms with Crippen molar-refractivity contribution in [3.63, 3.8) is 0 Å². The number of nitrogens with one attached hydrogen (secondary N) is 2. The van der Waals surface area contributed by atoms with Gasteiger partial charge in [0.2, 0.25) is 15.9 Å². The molecule has 4 rings (SSSR count). The van der Waals surface area contributed by atoms with E-state index >= 15 is 0 Å².